The van der Waals surface area contributed by atoms with Gasteiger partial charge in [0.15, 0.2) is 0 Å². The lowest BCUT2D eigenvalue weighted by molar-refractivity contribution is 0.204. The van der Waals surface area contributed by atoms with Crippen LogP contribution in [0.15, 0.2) is 65.6 Å². The summed E-state index contributed by atoms with van der Waals surface area (Å²) in [7, 11) is -3.82. The lowest BCUT2D eigenvalue weighted by Crippen LogP contribution is -2.18. The quantitative estimate of drug-likeness (QED) is 0.476. The minimum atomic E-state index is -3.82. The predicted molar refractivity (Wildman–Crippen MR) is 102 cm³/mol. The van der Waals surface area contributed by atoms with Crippen molar-refractivity contribution >= 4 is 33.3 Å². The summed E-state index contributed by atoms with van der Waals surface area (Å²) in [5, 5.41) is 1.05. The maximum atomic E-state index is 12.5. The zero-order valence-corrected chi connectivity index (χ0v) is 16.1. The van der Waals surface area contributed by atoms with Crippen molar-refractivity contribution < 1.29 is 17.3 Å². The summed E-state index contributed by atoms with van der Waals surface area (Å²) in [4.78, 5) is 0.201. The first kappa shape index (κ1) is 17.1. The van der Waals surface area contributed by atoms with Crippen LogP contribution in [0, 0.1) is 0 Å². The SMILES string of the molecule is O=S1(=O)OC(C2c3ccc(Cl)cc3Oc3cc(Cl)ccc32)c2ccccc21. The Bertz CT molecular complexity index is 1140. The summed E-state index contributed by atoms with van der Waals surface area (Å²) >= 11 is 12.3. The number of rotatable bonds is 1. The van der Waals surface area contributed by atoms with Crippen LogP contribution in [-0.4, -0.2) is 8.42 Å². The average Bonchev–Trinajstić information content (AvgIpc) is 2.91. The number of hydrogen-bond donors (Lipinski definition) is 0. The van der Waals surface area contributed by atoms with Gasteiger partial charge in [0.1, 0.15) is 17.6 Å². The fraction of sp³-hybridized carbons (Fsp3) is 0.100. The first-order valence-electron chi connectivity index (χ1n) is 8.23. The highest BCUT2D eigenvalue weighted by atomic mass is 35.5. The van der Waals surface area contributed by atoms with Gasteiger partial charge in [0.2, 0.25) is 0 Å². The van der Waals surface area contributed by atoms with Crippen LogP contribution in [-0.2, 0) is 14.3 Å². The molecule has 0 saturated heterocycles. The minimum Gasteiger partial charge on any atom is -0.457 e. The smallest absolute Gasteiger partial charge is 0.297 e. The summed E-state index contributed by atoms with van der Waals surface area (Å²) in [6, 6.07) is 17.5. The molecule has 0 aromatic heterocycles. The maximum absolute atomic E-state index is 12.5. The molecule has 0 aliphatic carbocycles. The van der Waals surface area contributed by atoms with E-state index in [1.165, 1.54) is 0 Å². The first-order chi connectivity index (χ1) is 12.9. The molecule has 0 amide bonds. The molecule has 27 heavy (non-hydrogen) atoms. The van der Waals surface area contributed by atoms with Crippen LogP contribution in [0.25, 0.3) is 0 Å². The van der Waals surface area contributed by atoms with Crippen LogP contribution < -0.4 is 4.74 Å². The van der Waals surface area contributed by atoms with Crippen molar-refractivity contribution in [1.82, 2.24) is 0 Å². The maximum Gasteiger partial charge on any atom is 0.297 e. The van der Waals surface area contributed by atoms with Crippen LogP contribution in [0.2, 0.25) is 10.0 Å². The fourth-order valence-electron chi connectivity index (χ4n) is 3.74. The van der Waals surface area contributed by atoms with Gasteiger partial charge in [0.05, 0.1) is 4.90 Å². The van der Waals surface area contributed by atoms with E-state index < -0.39 is 16.2 Å². The standard InChI is InChI=1S/C20H12Cl2O4S/c21-11-5-7-13-16(9-11)25-17-10-12(22)6-8-14(17)19(13)20-15-3-1-2-4-18(15)27(23,24)26-20/h1-10,19-20H. The van der Waals surface area contributed by atoms with Gasteiger partial charge in [-0.15, -0.1) is 0 Å². The van der Waals surface area contributed by atoms with E-state index in [4.69, 9.17) is 32.1 Å². The van der Waals surface area contributed by atoms with Crippen LogP contribution in [0.5, 0.6) is 11.5 Å². The summed E-state index contributed by atoms with van der Waals surface area (Å²) in [6.07, 6.45) is -0.699. The topological polar surface area (TPSA) is 52.6 Å². The van der Waals surface area contributed by atoms with Crippen molar-refractivity contribution in [1.29, 1.82) is 0 Å². The largest absolute Gasteiger partial charge is 0.457 e. The van der Waals surface area contributed by atoms with E-state index in [0.717, 1.165) is 11.1 Å². The Labute approximate surface area is 166 Å². The van der Waals surface area contributed by atoms with Crippen LogP contribution in [0.3, 0.4) is 0 Å². The highest BCUT2D eigenvalue weighted by molar-refractivity contribution is 7.87. The number of fused-ring (bicyclic) bond motifs is 3. The van der Waals surface area contributed by atoms with E-state index in [0.29, 0.717) is 27.1 Å². The molecule has 0 N–H and O–H groups in total. The van der Waals surface area contributed by atoms with Crippen molar-refractivity contribution in [3.63, 3.8) is 0 Å². The van der Waals surface area contributed by atoms with Gasteiger partial charge in [-0.25, -0.2) is 0 Å². The second-order valence-electron chi connectivity index (χ2n) is 6.45. The Hall–Kier alpha value is -2.05. The molecule has 0 fully saturated rings. The Balaban J connectivity index is 1.76. The molecule has 0 radical (unpaired) electrons. The van der Waals surface area contributed by atoms with E-state index in [2.05, 4.69) is 0 Å². The molecule has 136 valence electrons. The van der Waals surface area contributed by atoms with Crippen LogP contribution >= 0.6 is 23.2 Å². The molecule has 7 heteroatoms. The second kappa shape index (κ2) is 5.97. The van der Waals surface area contributed by atoms with E-state index in [1.807, 2.05) is 12.1 Å². The predicted octanol–water partition coefficient (Wildman–Crippen LogP) is 5.69. The summed E-state index contributed by atoms with van der Waals surface area (Å²) < 4.78 is 36.7. The van der Waals surface area contributed by atoms with Crippen molar-refractivity contribution in [3.05, 3.63) is 87.4 Å². The third-order valence-electron chi connectivity index (χ3n) is 4.87. The van der Waals surface area contributed by atoms with Gasteiger partial charge in [0, 0.05) is 32.7 Å². The Morgan fingerprint density at radius 2 is 1.37 bits per heavy atom. The molecular weight excluding hydrogens is 407 g/mol. The molecule has 0 spiro atoms. The number of ether oxygens (including phenoxy) is 1. The third-order valence-corrected chi connectivity index (χ3v) is 6.71. The zero-order valence-electron chi connectivity index (χ0n) is 13.7. The summed E-state index contributed by atoms with van der Waals surface area (Å²) in [5.74, 6) is 0.747. The Morgan fingerprint density at radius 1 is 0.778 bits per heavy atom. The Morgan fingerprint density at radius 3 is 2.00 bits per heavy atom. The molecule has 4 nitrogen and oxygen atoms in total. The highest BCUT2D eigenvalue weighted by Crippen LogP contribution is 2.54. The molecule has 5 rings (SSSR count). The van der Waals surface area contributed by atoms with E-state index in [9.17, 15) is 8.42 Å². The number of hydrogen-bond acceptors (Lipinski definition) is 4. The monoisotopic (exact) mass is 418 g/mol. The van der Waals surface area contributed by atoms with Gasteiger partial charge in [-0.1, -0.05) is 53.5 Å². The third kappa shape index (κ3) is 2.65. The van der Waals surface area contributed by atoms with E-state index in [-0.39, 0.29) is 10.8 Å². The molecule has 0 saturated carbocycles. The molecular formula is C20H12Cl2O4S. The molecule has 2 aliphatic rings. The highest BCUT2D eigenvalue weighted by Gasteiger charge is 2.44. The molecule has 2 heterocycles. The fourth-order valence-corrected chi connectivity index (χ4v) is 5.37. The van der Waals surface area contributed by atoms with Gasteiger partial charge < -0.3 is 4.74 Å². The van der Waals surface area contributed by atoms with Crippen LogP contribution in [0.1, 0.15) is 28.7 Å². The van der Waals surface area contributed by atoms with Gasteiger partial charge in [-0.05, 0) is 30.3 Å². The summed E-state index contributed by atoms with van der Waals surface area (Å²) in [5.41, 5.74) is 2.25. The minimum absolute atomic E-state index is 0.201. The average molecular weight is 419 g/mol. The van der Waals surface area contributed by atoms with Gasteiger partial charge >= 0.3 is 0 Å². The van der Waals surface area contributed by atoms with E-state index in [1.54, 1.807) is 48.5 Å². The Kier molecular flexibility index (Phi) is 3.78. The molecule has 2 aliphatic heterocycles. The summed E-state index contributed by atoms with van der Waals surface area (Å²) in [6.45, 7) is 0. The van der Waals surface area contributed by atoms with Gasteiger partial charge in [-0.2, -0.15) is 8.42 Å². The van der Waals surface area contributed by atoms with Crippen molar-refractivity contribution in [2.75, 3.05) is 0 Å². The molecule has 3 aromatic rings. The molecule has 1 atom stereocenters. The zero-order chi connectivity index (χ0) is 18.8. The number of halogens is 2. The lowest BCUT2D eigenvalue weighted by atomic mass is 9.81. The first-order valence-corrected chi connectivity index (χ1v) is 10.4. The number of benzene rings is 3. The van der Waals surface area contributed by atoms with Crippen LogP contribution in [0.4, 0.5) is 0 Å². The van der Waals surface area contributed by atoms with E-state index >= 15 is 0 Å². The van der Waals surface area contributed by atoms with Gasteiger partial charge in [-0.3, -0.25) is 4.18 Å². The van der Waals surface area contributed by atoms with Crippen molar-refractivity contribution in [3.8, 4) is 11.5 Å². The van der Waals surface area contributed by atoms with Crippen molar-refractivity contribution in [2.24, 2.45) is 0 Å². The second-order valence-corrected chi connectivity index (χ2v) is 8.87. The lowest BCUT2D eigenvalue weighted by Gasteiger charge is -2.31. The molecule has 3 aromatic carbocycles. The molecule has 0 bridgehead atoms. The van der Waals surface area contributed by atoms with Gasteiger partial charge in [0.25, 0.3) is 10.1 Å². The normalized spacial score (nSPS) is 19.7. The van der Waals surface area contributed by atoms with Crippen molar-refractivity contribution in [2.45, 2.75) is 16.9 Å². The molecule has 1 unspecified atom stereocenters.